The first-order chi connectivity index (χ1) is 12.3. The van der Waals surface area contributed by atoms with Crippen LogP contribution in [0.15, 0.2) is 47.3 Å². The van der Waals surface area contributed by atoms with Crippen LogP contribution in [0.25, 0.3) is 11.0 Å². The zero-order valence-corrected chi connectivity index (χ0v) is 14.5. The van der Waals surface area contributed by atoms with Crippen LogP contribution in [0, 0.1) is 12.8 Å². The maximum atomic E-state index is 5.84. The van der Waals surface area contributed by atoms with E-state index in [0.717, 1.165) is 61.6 Å². The van der Waals surface area contributed by atoms with Crippen molar-refractivity contribution >= 4 is 11.0 Å². The molecule has 4 rings (SSSR count). The SMILES string of the molecule is Cc1cnc(CN2CCOC[C@H](Cc3ccc4ccoc4c3)C2)cn1. The minimum Gasteiger partial charge on any atom is -0.464 e. The number of ether oxygens (including phenoxy) is 1. The second-order valence-corrected chi connectivity index (χ2v) is 6.82. The summed E-state index contributed by atoms with van der Waals surface area (Å²) >= 11 is 0. The average molecular weight is 337 g/mol. The third-order valence-corrected chi connectivity index (χ3v) is 4.69. The van der Waals surface area contributed by atoms with Crippen molar-refractivity contribution in [2.75, 3.05) is 26.3 Å². The van der Waals surface area contributed by atoms with Crippen LogP contribution in [0.1, 0.15) is 17.0 Å². The predicted octanol–water partition coefficient (Wildman–Crippen LogP) is 3.22. The summed E-state index contributed by atoms with van der Waals surface area (Å²) in [6, 6.07) is 8.47. The Morgan fingerprint density at radius 2 is 2.16 bits per heavy atom. The van der Waals surface area contributed by atoms with Gasteiger partial charge in [-0.2, -0.15) is 0 Å². The lowest BCUT2D eigenvalue weighted by Gasteiger charge is -2.23. The van der Waals surface area contributed by atoms with Gasteiger partial charge in [-0.25, -0.2) is 0 Å². The molecule has 3 heterocycles. The first-order valence-corrected chi connectivity index (χ1v) is 8.80. The van der Waals surface area contributed by atoms with Crippen molar-refractivity contribution in [3.05, 3.63) is 59.9 Å². The molecule has 1 fully saturated rings. The third kappa shape index (κ3) is 4.06. The lowest BCUT2D eigenvalue weighted by molar-refractivity contribution is 0.121. The second kappa shape index (κ2) is 7.33. The highest BCUT2D eigenvalue weighted by molar-refractivity contribution is 5.77. The fraction of sp³-hybridized carbons (Fsp3) is 0.400. The molecule has 0 amide bonds. The van der Waals surface area contributed by atoms with E-state index >= 15 is 0 Å². The molecular weight excluding hydrogens is 314 g/mol. The van der Waals surface area contributed by atoms with Gasteiger partial charge in [0.2, 0.25) is 0 Å². The molecule has 0 spiro atoms. The average Bonchev–Trinajstić information content (AvgIpc) is 2.97. The number of benzene rings is 1. The molecule has 1 aliphatic heterocycles. The minimum atomic E-state index is 0.466. The number of rotatable bonds is 4. The molecule has 130 valence electrons. The Morgan fingerprint density at radius 3 is 3.04 bits per heavy atom. The van der Waals surface area contributed by atoms with Gasteiger partial charge in [0.15, 0.2) is 0 Å². The fourth-order valence-corrected chi connectivity index (χ4v) is 3.41. The van der Waals surface area contributed by atoms with Crippen LogP contribution in [0.3, 0.4) is 0 Å². The van der Waals surface area contributed by atoms with E-state index < -0.39 is 0 Å². The van der Waals surface area contributed by atoms with Gasteiger partial charge in [-0.05, 0) is 37.0 Å². The Balaban J connectivity index is 1.42. The fourth-order valence-electron chi connectivity index (χ4n) is 3.41. The van der Waals surface area contributed by atoms with Gasteiger partial charge in [-0.1, -0.05) is 12.1 Å². The van der Waals surface area contributed by atoms with E-state index in [4.69, 9.17) is 9.15 Å². The van der Waals surface area contributed by atoms with Gasteiger partial charge >= 0.3 is 0 Å². The largest absolute Gasteiger partial charge is 0.464 e. The summed E-state index contributed by atoms with van der Waals surface area (Å²) in [5, 5.41) is 1.15. The zero-order chi connectivity index (χ0) is 17.1. The van der Waals surface area contributed by atoms with Gasteiger partial charge in [-0.3, -0.25) is 14.9 Å². The van der Waals surface area contributed by atoms with Crippen LogP contribution in [0.5, 0.6) is 0 Å². The summed E-state index contributed by atoms with van der Waals surface area (Å²) in [6.45, 7) is 6.29. The molecule has 1 aromatic carbocycles. The molecule has 0 unspecified atom stereocenters. The van der Waals surface area contributed by atoms with Crippen LogP contribution in [-0.4, -0.2) is 41.2 Å². The molecule has 25 heavy (non-hydrogen) atoms. The number of hydrogen-bond acceptors (Lipinski definition) is 5. The van der Waals surface area contributed by atoms with E-state index in [1.54, 1.807) is 6.26 Å². The van der Waals surface area contributed by atoms with Gasteiger partial charge in [0, 0.05) is 37.4 Å². The smallest absolute Gasteiger partial charge is 0.134 e. The Hall–Kier alpha value is -2.24. The van der Waals surface area contributed by atoms with Crippen molar-refractivity contribution in [2.45, 2.75) is 19.9 Å². The summed E-state index contributed by atoms with van der Waals surface area (Å²) in [6.07, 6.45) is 6.45. The Kier molecular flexibility index (Phi) is 4.76. The van der Waals surface area contributed by atoms with Crippen LogP contribution >= 0.6 is 0 Å². The van der Waals surface area contributed by atoms with Gasteiger partial charge in [0.05, 0.1) is 30.9 Å². The van der Waals surface area contributed by atoms with Crippen molar-refractivity contribution in [3.63, 3.8) is 0 Å². The molecule has 5 heteroatoms. The molecule has 1 atom stereocenters. The van der Waals surface area contributed by atoms with Crippen molar-refractivity contribution in [1.29, 1.82) is 0 Å². The van der Waals surface area contributed by atoms with Gasteiger partial charge in [0.1, 0.15) is 5.58 Å². The van der Waals surface area contributed by atoms with Crippen LogP contribution in [0.4, 0.5) is 0 Å². The quantitative estimate of drug-likeness (QED) is 0.732. The zero-order valence-electron chi connectivity index (χ0n) is 14.5. The van der Waals surface area contributed by atoms with E-state index in [1.165, 1.54) is 5.56 Å². The van der Waals surface area contributed by atoms with Crippen LogP contribution < -0.4 is 0 Å². The second-order valence-electron chi connectivity index (χ2n) is 6.82. The standard InChI is InChI=1S/C20H23N3O2/c1-15-10-22-19(11-21-15)13-23-5-7-24-14-17(12-23)8-16-2-3-18-4-6-25-20(18)9-16/h2-4,6,9-11,17H,5,7-8,12-14H2,1H3/t17-/m1/s1. The topological polar surface area (TPSA) is 51.4 Å². The molecule has 1 aliphatic rings. The molecule has 0 bridgehead atoms. The summed E-state index contributed by atoms with van der Waals surface area (Å²) in [5.74, 6) is 0.466. The number of furan rings is 1. The normalized spacial score (nSPS) is 19.2. The lowest BCUT2D eigenvalue weighted by atomic mass is 9.99. The molecular formula is C20H23N3O2. The van der Waals surface area contributed by atoms with Crippen molar-refractivity contribution in [1.82, 2.24) is 14.9 Å². The van der Waals surface area contributed by atoms with E-state index in [9.17, 15) is 0 Å². The number of nitrogens with zero attached hydrogens (tertiary/aromatic N) is 3. The summed E-state index contributed by atoms with van der Waals surface area (Å²) < 4.78 is 11.4. The van der Waals surface area contributed by atoms with Gasteiger partial charge in [0.25, 0.3) is 0 Å². The first-order valence-electron chi connectivity index (χ1n) is 8.80. The Bertz CT molecular complexity index is 828. The molecule has 0 aliphatic carbocycles. The number of aromatic nitrogens is 2. The number of aryl methyl sites for hydroxylation is 1. The monoisotopic (exact) mass is 337 g/mol. The maximum Gasteiger partial charge on any atom is 0.134 e. The van der Waals surface area contributed by atoms with Crippen molar-refractivity contribution < 1.29 is 9.15 Å². The molecule has 2 aromatic heterocycles. The maximum absolute atomic E-state index is 5.84. The third-order valence-electron chi connectivity index (χ3n) is 4.69. The molecule has 0 N–H and O–H groups in total. The minimum absolute atomic E-state index is 0.466. The van der Waals surface area contributed by atoms with Crippen LogP contribution in [0.2, 0.25) is 0 Å². The van der Waals surface area contributed by atoms with E-state index in [2.05, 4.69) is 33.1 Å². The summed E-state index contributed by atoms with van der Waals surface area (Å²) in [5.41, 5.74) is 4.23. The molecule has 1 saturated heterocycles. The highest BCUT2D eigenvalue weighted by atomic mass is 16.5. The van der Waals surface area contributed by atoms with Gasteiger partial charge in [-0.15, -0.1) is 0 Å². The summed E-state index contributed by atoms with van der Waals surface area (Å²) in [7, 11) is 0. The molecule has 0 saturated carbocycles. The van der Waals surface area contributed by atoms with E-state index in [1.807, 2.05) is 25.4 Å². The molecule has 3 aromatic rings. The van der Waals surface area contributed by atoms with E-state index in [0.29, 0.717) is 5.92 Å². The first kappa shape index (κ1) is 16.2. The number of fused-ring (bicyclic) bond motifs is 1. The van der Waals surface area contributed by atoms with E-state index in [-0.39, 0.29) is 0 Å². The Morgan fingerprint density at radius 1 is 1.20 bits per heavy atom. The van der Waals surface area contributed by atoms with Crippen LogP contribution in [-0.2, 0) is 17.7 Å². The highest BCUT2D eigenvalue weighted by Gasteiger charge is 2.20. The number of hydrogen-bond donors (Lipinski definition) is 0. The highest BCUT2D eigenvalue weighted by Crippen LogP contribution is 2.21. The van der Waals surface area contributed by atoms with Crippen molar-refractivity contribution in [3.8, 4) is 0 Å². The molecule has 5 nitrogen and oxygen atoms in total. The molecule has 0 radical (unpaired) electrons. The van der Waals surface area contributed by atoms with Gasteiger partial charge < -0.3 is 9.15 Å². The predicted molar refractivity (Wildman–Crippen MR) is 96.3 cm³/mol. The summed E-state index contributed by atoms with van der Waals surface area (Å²) in [4.78, 5) is 11.2. The Labute approximate surface area is 147 Å². The lowest BCUT2D eigenvalue weighted by Crippen LogP contribution is -2.30. The van der Waals surface area contributed by atoms with Crippen molar-refractivity contribution in [2.24, 2.45) is 5.92 Å².